The quantitative estimate of drug-likeness (QED) is 0.469. The Morgan fingerprint density at radius 1 is 0.857 bits per heavy atom. The van der Waals surface area contributed by atoms with Crippen LogP contribution in [0.15, 0.2) is 48.8 Å². The van der Waals surface area contributed by atoms with Crippen molar-refractivity contribution >= 4 is 0 Å². The minimum absolute atomic E-state index is 0.0454. The van der Waals surface area contributed by atoms with Crippen molar-refractivity contribution in [3.8, 4) is 28.3 Å². The number of rotatable bonds is 7. The van der Waals surface area contributed by atoms with E-state index in [2.05, 4.69) is 16.9 Å². The molecule has 3 rings (SSSR count). The third-order valence-corrected chi connectivity index (χ3v) is 4.69. The predicted molar refractivity (Wildman–Crippen MR) is 105 cm³/mol. The molecule has 0 atom stereocenters. The third kappa shape index (κ3) is 4.58. The second kappa shape index (κ2) is 9.18. The van der Waals surface area contributed by atoms with Gasteiger partial charge in [0.05, 0.1) is 5.56 Å². The monoisotopic (exact) mass is 377 g/mol. The van der Waals surface area contributed by atoms with E-state index in [4.69, 9.17) is 5.26 Å². The van der Waals surface area contributed by atoms with Crippen LogP contribution in [0, 0.1) is 23.0 Å². The Hall–Kier alpha value is -3.13. The Morgan fingerprint density at radius 2 is 1.50 bits per heavy atom. The first kappa shape index (κ1) is 19.6. The smallest absolute Gasteiger partial charge is 0.227 e. The van der Waals surface area contributed by atoms with Crippen molar-refractivity contribution in [2.24, 2.45) is 0 Å². The van der Waals surface area contributed by atoms with Crippen molar-refractivity contribution in [1.29, 1.82) is 5.26 Å². The van der Waals surface area contributed by atoms with Crippen LogP contribution in [-0.2, 0) is 6.42 Å². The topological polar surface area (TPSA) is 49.6 Å². The van der Waals surface area contributed by atoms with Crippen molar-refractivity contribution in [3.63, 3.8) is 0 Å². The number of hydrogen-bond acceptors (Lipinski definition) is 3. The van der Waals surface area contributed by atoms with Crippen LogP contribution < -0.4 is 0 Å². The first-order valence-electron chi connectivity index (χ1n) is 9.43. The standard InChI is InChI=1S/C23H21F2N3/c1-2-3-4-5-6-16-7-9-17(10-8-16)18-11-20(24)23(21(25)12-18)19-14-27-22(13-26)28-15-19/h7-12,14-15H,2-6H2,1H3. The summed E-state index contributed by atoms with van der Waals surface area (Å²) in [6, 6.07) is 12.2. The van der Waals surface area contributed by atoms with E-state index in [-0.39, 0.29) is 17.0 Å². The highest BCUT2D eigenvalue weighted by Gasteiger charge is 2.15. The maximum absolute atomic E-state index is 14.6. The largest absolute Gasteiger partial charge is 0.232 e. The van der Waals surface area contributed by atoms with E-state index in [0.29, 0.717) is 5.56 Å². The predicted octanol–water partition coefficient (Wildman–Crippen LogP) is 6.08. The number of nitrogens with zero attached hydrogens (tertiary/aromatic N) is 3. The molecular weight excluding hydrogens is 356 g/mol. The molecule has 0 fully saturated rings. The summed E-state index contributed by atoms with van der Waals surface area (Å²) in [5.41, 5.74) is 2.47. The summed E-state index contributed by atoms with van der Waals surface area (Å²) < 4.78 is 29.2. The number of benzene rings is 2. The zero-order valence-corrected chi connectivity index (χ0v) is 15.8. The van der Waals surface area contributed by atoms with E-state index in [1.54, 1.807) is 6.07 Å². The molecule has 3 nitrogen and oxygen atoms in total. The van der Waals surface area contributed by atoms with Crippen LogP contribution in [0.4, 0.5) is 8.78 Å². The Kier molecular flexibility index (Phi) is 6.44. The molecule has 0 saturated carbocycles. The number of nitriles is 1. The van der Waals surface area contributed by atoms with E-state index in [1.165, 1.54) is 49.4 Å². The summed E-state index contributed by atoms with van der Waals surface area (Å²) in [5.74, 6) is -1.42. The fourth-order valence-corrected chi connectivity index (χ4v) is 3.15. The lowest BCUT2D eigenvalue weighted by atomic mass is 9.98. The maximum Gasteiger partial charge on any atom is 0.232 e. The molecule has 0 saturated heterocycles. The Bertz CT molecular complexity index is 951. The van der Waals surface area contributed by atoms with Crippen molar-refractivity contribution in [2.45, 2.75) is 39.0 Å². The van der Waals surface area contributed by atoms with Crippen LogP contribution in [0.1, 0.15) is 44.0 Å². The number of aryl methyl sites for hydroxylation is 1. The Morgan fingerprint density at radius 3 is 2.07 bits per heavy atom. The molecule has 0 aliphatic rings. The Labute approximate surface area is 163 Å². The van der Waals surface area contributed by atoms with Crippen molar-refractivity contribution < 1.29 is 8.78 Å². The van der Waals surface area contributed by atoms with Gasteiger partial charge in [-0.15, -0.1) is 0 Å². The van der Waals surface area contributed by atoms with Gasteiger partial charge in [-0.25, -0.2) is 18.7 Å². The van der Waals surface area contributed by atoms with Crippen LogP contribution in [-0.4, -0.2) is 9.97 Å². The molecule has 142 valence electrons. The van der Waals surface area contributed by atoms with Crippen molar-refractivity contribution in [3.05, 3.63) is 71.8 Å². The SMILES string of the molecule is CCCCCCc1ccc(-c2cc(F)c(-c3cnc(C#N)nc3)c(F)c2)cc1. The van der Waals surface area contributed by atoms with Gasteiger partial charge in [0.25, 0.3) is 0 Å². The first-order chi connectivity index (χ1) is 13.6. The summed E-state index contributed by atoms with van der Waals surface area (Å²) in [7, 11) is 0. The highest BCUT2D eigenvalue weighted by Crippen LogP contribution is 2.30. The summed E-state index contributed by atoms with van der Waals surface area (Å²) >= 11 is 0. The van der Waals surface area contributed by atoms with Crippen LogP contribution in [0.3, 0.4) is 0 Å². The molecule has 5 heteroatoms. The van der Waals surface area contributed by atoms with Gasteiger partial charge < -0.3 is 0 Å². The average Bonchev–Trinajstić information content (AvgIpc) is 2.71. The van der Waals surface area contributed by atoms with Gasteiger partial charge in [-0.1, -0.05) is 50.5 Å². The highest BCUT2D eigenvalue weighted by molar-refractivity contribution is 5.71. The lowest BCUT2D eigenvalue weighted by Gasteiger charge is -2.09. The summed E-state index contributed by atoms with van der Waals surface area (Å²) in [5, 5.41) is 8.74. The van der Waals surface area contributed by atoms with Crippen molar-refractivity contribution in [2.75, 3.05) is 0 Å². The number of hydrogen-bond donors (Lipinski definition) is 0. The van der Waals surface area contributed by atoms with Gasteiger partial charge in [-0.2, -0.15) is 5.26 Å². The first-order valence-corrected chi connectivity index (χ1v) is 9.43. The van der Waals surface area contributed by atoms with Gasteiger partial charge in [-0.05, 0) is 41.7 Å². The van der Waals surface area contributed by atoms with E-state index < -0.39 is 11.6 Å². The van der Waals surface area contributed by atoms with Gasteiger partial charge in [0.15, 0.2) is 0 Å². The summed E-state index contributed by atoms with van der Waals surface area (Å²) in [4.78, 5) is 7.55. The minimum Gasteiger partial charge on any atom is -0.227 e. The second-order valence-corrected chi connectivity index (χ2v) is 6.73. The van der Waals surface area contributed by atoms with E-state index in [1.807, 2.05) is 24.3 Å². The molecule has 1 aromatic heterocycles. The Balaban J connectivity index is 1.81. The van der Waals surface area contributed by atoms with Gasteiger partial charge >= 0.3 is 0 Å². The van der Waals surface area contributed by atoms with E-state index >= 15 is 0 Å². The molecule has 0 spiro atoms. The molecule has 0 bridgehead atoms. The molecule has 0 unspecified atom stereocenters. The molecule has 1 heterocycles. The van der Waals surface area contributed by atoms with Crippen molar-refractivity contribution in [1.82, 2.24) is 9.97 Å². The van der Waals surface area contributed by atoms with Crippen LogP contribution >= 0.6 is 0 Å². The highest BCUT2D eigenvalue weighted by atomic mass is 19.1. The molecular formula is C23H21F2N3. The summed E-state index contributed by atoms with van der Waals surface area (Å²) in [6.45, 7) is 2.19. The molecule has 0 N–H and O–H groups in total. The maximum atomic E-state index is 14.6. The van der Waals surface area contributed by atoms with E-state index in [9.17, 15) is 8.78 Å². The van der Waals surface area contributed by atoms with Crippen LogP contribution in [0.2, 0.25) is 0 Å². The average molecular weight is 377 g/mol. The van der Waals surface area contributed by atoms with E-state index in [0.717, 1.165) is 18.4 Å². The second-order valence-electron chi connectivity index (χ2n) is 6.73. The fourth-order valence-electron chi connectivity index (χ4n) is 3.15. The zero-order valence-electron chi connectivity index (χ0n) is 15.8. The normalized spacial score (nSPS) is 10.6. The van der Waals surface area contributed by atoms with Gasteiger partial charge in [0.1, 0.15) is 17.7 Å². The minimum atomic E-state index is -0.688. The summed E-state index contributed by atoms with van der Waals surface area (Å²) in [6.07, 6.45) is 8.33. The molecule has 3 aromatic rings. The molecule has 2 aromatic carbocycles. The van der Waals surface area contributed by atoms with Gasteiger partial charge in [0.2, 0.25) is 5.82 Å². The fraction of sp³-hybridized carbons (Fsp3) is 0.261. The molecule has 28 heavy (non-hydrogen) atoms. The molecule has 0 radical (unpaired) electrons. The number of halogens is 2. The lowest BCUT2D eigenvalue weighted by Crippen LogP contribution is -1.95. The molecule has 0 aliphatic heterocycles. The van der Waals surface area contributed by atoms with Crippen LogP contribution in [0.5, 0.6) is 0 Å². The zero-order chi connectivity index (χ0) is 19.9. The van der Waals surface area contributed by atoms with Gasteiger partial charge in [0, 0.05) is 18.0 Å². The number of aromatic nitrogens is 2. The van der Waals surface area contributed by atoms with Gasteiger partial charge in [-0.3, -0.25) is 0 Å². The van der Waals surface area contributed by atoms with Crippen LogP contribution in [0.25, 0.3) is 22.3 Å². The third-order valence-electron chi connectivity index (χ3n) is 4.69. The molecule has 0 aliphatic carbocycles. The lowest BCUT2D eigenvalue weighted by molar-refractivity contribution is 0.590. The molecule has 0 amide bonds. The number of unbranched alkanes of at least 4 members (excludes halogenated alkanes) is 3.